The molecule has 2 aromatic heterocycles. The second-order valence-corrected chi connectivity index (χ2v) is 3.53. The molecule has 2 rings (SSSR count). The first-order valence-electron chi connectivity index (χ1n) is 5.00. The number of carbonyl (C=O) groups is 1. The minimum Gasteiger partial charge on any atom is -0.478 e. The molecule has 0 unspecified atom stereocenters. The van der Waals surface area contributed by atoms with Gasteiger partial charge in [-0.25, -0.2) is 9.78 Å². The SMILES string of the molecule is Cc1cc(C(=O)O)cc(NCc2ccon2)n1. The van der Waals surface area contributed by atoms with Crippen LogP contribution >= 0.6 is 0 Å². The number of rotatable bonds is 4. The van der Waals surface area contributed by atoms with Gasteiger partial charge in [-0.15, -0.1) is 0 Å². The Kier molecular flexibility index (Phi) is 3.04. The van der Waals surface area contributed by atoms with Gasteiger partial charge in [-0.3, -0.25) is 0 Å². The minimum atomic E-state index is -0.972. The summed E-state index contributed by atoms with van der Waals surface area (Å²) in [6, 6.07) is 4.72. The van der Waals surface area contributed by atoms with E-state index in [1.54, 1.807) is 13.0 Å². The quantitative estimate of drug-likeness (QED) is 0.835. The number of aryl methyl sites for hydroxylation is 1. The lowest BCUT2D eigenvalue weighted by Crippen LogP contribution is -2.05. The van der Waals surface area contributed by atoms with Crippen LogP contribution in [0.1, 0.15) is 21.7 Å². The molecule has 0 aromatic carbocycles. The molecular weight excluding hydrogens is 222 g/mol. The standard InChI is InChI=1S/C11H11N3O3/c1-7-4-8(11(15)16)5-10(13-7)12-6-9-2-3-17-14-9/h2-5H,6H2,1H3,(H,12,13)(H,15,16). The van der Waals surface area contributed by atoms with E-state index in [1.165, 1.54) is 18.4 Å². The van der Waals surface area contributed by atoms with E-state index in [2.05, 4.69) is 20.0 Å². The third kappa shape index (κ3) is 2.81. The van der Waals surface area contributed by atoms with Crippen molar-refractivity contribution in [2.75, 3.05) is 5.32 Å². The summed E-state index contributed by atoms with van der Waals surface area (Å²) in [7, 11) is 0. The topological polar surface area (TPSA) is 88.2 Å². The molecule has 0 amide bonds. The fourth-order valence-electron chi connectivity index (χ4n) is 1.39. The molecule has 2 heterocycles. The maximum absolute atomic E-state index is 10.9. The first-order chi connectivity index (χ1) is 8.15. The average Bonchev–Trinajstić information content (AvgIpc) is 2.78. The lowest BCUT2D eigenvalue weighted by atomic mass is 10.2. The van der Waals surface area contributed by atoms with Crippen molar-refractivity contribution in [3.63, 3.8) is 0 Å². The molecule has 2 aromatic rings. The molecule has 0 spiro atoms. The first kappa shape index (κ1) is 11.1. The van der Waals surface area contributed by atoms with E-state index in [1.807, 2.05) is 0 Å². The van der Waals surface area contributed by atoms with Gasteiger partial charge in [0.2, 0.25) is 0 Å². The molecule has 6 nitrogen and oxygen atoms in total. The van der Waals surface area contributed by atoms with E-state index in [0.29, 0.717) is 18.1 Å². The zero-order valence-corrected chi connectivity index (χ0v) is 9.17. The van der Waals surface area contributed by atoms with E-state index in [4.69, 9.17) is 5.11 Å². The summed E-state index contributed by atoms with van der Waals surface area (Å²) in [6.07, 6.45) is 1.48. The Balaban J connectivity index is 2.13. The van der Waals surface area contributed by atoms with Gasteiger partial charge in [-0.05, 0) is 19.1 Å². The minimum absolute atomic E-state index is 0.208. The van der Waals surface area contributed by atoms with Crippen LogP contribution in [0.3, 0.4) is 0 Å². The zero-order valence-electron chi connectivity index (χ0n) is 9.17. The van der Waals surface area contributed by atoms with Crippen LogP contribution in [0.5, 0.6) is 0 Å². The maximum atomic E-state index is 10.9. The largest absolute Gasteiger partial charge is 0.478 e. The van der Waals surface area contributed by atoms with Crippen molar-refractivity contribution in [2.45, 2.75) is 13.5 Å². The summed E-state index contributed by atoms with van der Waals surface area (Å²) in [5.74, 6) is -0.467. The smallest absolute Gasteiger partial charge is 0.335 e. The van der Waals surface area contributed by atoms with Crippen LogP contribution < -0.4 is 5.32 Å². The number of carboxylic acids is 1. The Hall–Kier alpha value is -2.37. The van der Waals surface area contributed by atoms with Crippen LogP contribution in [0.15, 0.2) is 29.0 Å². The van der Waals surface area contributed by atoms with Crippen LogP contribution in [0, 0.1) is 6.92 Å². The number of hydrogen-bond donors (Lipinski definition) is 2. The Morgan fingerprint density at radius 3 is 3.00 bits per heavy atom. The number of carboxylic acid groups (broad SMARTS) is 1. The number of aromatic carboxylic acids is 1. The summed E-state index contributed by atoms with van der Waals surface area (Å²) < 4.78 is 4.68. The Bertz CT molecular complexity index is 523. The van der Waals surface area contributed by atoms with Gasteiger partial charge in [0.25, 0.3) is 0 Å². The number of anilines is 1. The lowest BCUT2D eigenvalue weighted by Gasteiger charge is -2.05. The molecule has 88 valence electrons. The monoisotopic (exact) mass is 233 g/mol. The predicted molar refractivity (Wildman–Crippen MR) is 59.8 cm³/mol. The van der Waals surface area contributed by atoms with Crippen molar-refractivity contribution in [3.8, 4) is 0 Å². The van der Waals surface area contributed by atoms with Crippen molar-refractivity contribution in [2.24, 2.45) is 0 Å². The second-order valence-electron chi connectivity index (χ2n) is 3.53. The van der Waals surface area contributed by atoms with Crippen molar-refractivity contribution >= 4 is 11.8 Å². The molecule has 0 atom stereocenters. The van der Waals surface area contributed by atoms with Crippen molar-refractivity contribution in [1.29, 1.82) is 0 Å². The highest BCUT2D eigenvalue weighted by Crippen LogP contribution is 2.11. The summed E-state index contributed by atoms with van der Waals surface area (Å²) in [4.78, 5) is 15.0. The molecular formula is C11H11N3O3. The van der Waals surface area contributed by atoms with Gasteiger partial charge in [0.1, 0.15) is 17.8 Å². The Morgan fingerprint density at radius 1 is 1.53 bits per heavy atom. The highest BCUT2D eigenvalue weighted by molar-refractivity contribution is 5.88. The number of nitrogens with one attached hydrogen (secondary N) is 1. The first-order valence-corrected chi connectivity index (χ1v) is 5.00. The van der Waals surface area contributed by atoms with Crippen LogP contribution in [0.2, 0.25) is 0 Å². The van der Waals surface area contributed by atoms with Gasteiger partial charge in [0.05, 0.1) is 12.1 Å². The Morgan fingerprint density at radius 2 is 2.35 bits per heavy atom. The highest BCUT2D eigenvalue weighted by Gasteiger charge is 2.06. The molecule has 17 heavy (non-hydrogen) atoms. The van der Waals surface area contributed by atoms with Crippen LogP contribution in [0.4, 0.5) is 5.82 Å². The summed E-state index contributed by atoms with van der Waals surface area (Å²) in [6.45, 7) is 2.18. The van der Waals surface area contributed by atoms with Crippen molar-refractivity contribution in [3.05, 3.63) is 41.4 Å². The van der Waals surface area contributed by atoms with E-state index in [-0.39, 0.29) is 5.56 Å². The van der Waals surface area contributed by atoms with Crippen molar-refractivity contribution < 1.29 is 14.4 Å². The fourth-order valence-corrected chi connectivity index (χ4v) is 1.39. The van der Waals surface area contributed by atoms with Crippen LogP contribution in [-0.4, -0.2) is 21.2 Å². The summed E-state index contributed by atoms with van der Waals surface area (Å²) >= 11 is 0. The lowest BCUT2D eigenvalue weighted by molar-refractivity contribution is 0.0696. The third-order valence-electron chi connectivity index (χ3n) is 2.14. The fraction of sp³-hybridized carbons (Fsp3) is 0.182. The normalized spacial score (nSPS) is 10.2. The maximum Gasteiger partial charge on any atom is 0.335 e. The molecule has 0 fully saturated rings. The molecule has 0 saturated heterocycles. The van der Waals surface area contributed by atoms with E-state index < -0.39 is 5.97 Å². The van der Waals surface area contributed by atoms with E-state index in [0.717, 1.165) is 5.69 Å². The molecule has 0 radical (unpaired) electrons. The van der Waals surface area contributed by atoms with Gasteiger partial charge < -0.3 is 14.9 Å². The molecule has 0 saturated carbocycles. The van der Waals surface area contributed by atoms with Gasteiger partial charge in [-0.2, -0.15) is 0 Å². The highest BCUT2D eigenvalue weighted by atomic mass is 16.5. The predicted octanol–water partition coefficient (Wildman–Crippen LogP) is 1.69. The Labute approximate surface area is 97.3 Å². The number of hydrogen-bond acceptors (Lipinski definition) is 5. The van der Waals surface area contributed by atoms with Gasteiger partial charge in [0.15, 0.2) is 0 Å². The van der Waals surface area contributed by atoms with Crippen LogP contribution in [-0.2, 0) is 6.54 Å². The van der Waals surface area contributed by atoms with Gasteiger partial charge >= 0.3 is 5.97 Å². The van der Waals surface area contributed by atoms with Crippen LogP contribution in [0.25, 0.3) is 0 Å². The van der Waals surface area contributed by atoms with Gasteiger partial charge in [0, 0.05) is 11.8 Å². The number of pyridine rings is 1. The van der Waals surface area contributed by atoms with E-state index >= 15 is 0 Å². The number of nitrogens with zero attached hydrogens (tertiary/aromatic N) is 2. The van der Waals surface area contributed by atoms with Gasteiger partial charge in [-0.1, -0.05) is 5.16 Å². The molecule has 0 aliphatic rings. The van der Waals surface area contributed by atoms with Crippen molar-refractivity contribution in [1.82, 2.24) is 10.1 Å². The molecule has 0 aliphatic heterocycles. The summed E-state index contributed by atoms with van der Waals surface area (Å²) in [5, 5.41) is 15.6. The third-order valence-corrected chi connectivity index (χ3v) is 2.14. The average molecular weight is 233 g/mol. The summed E-state index contributed by atoms with van der Waals surface area (Å²) in [5.41, 5.74) is 1.58. The molecule has 0 bridgehead atoms. The zero-order chi connectivity index (χ0) is 12.3. The number of aromatic nitrogens is 2. The molecule has 6 heteroatoms. The molecule has 0 aliphatic carbocycles. The second kappa shape index (κ2) is 4.65. The van der Waals surface area contributed by atoms with E-state index in [9.17, 15) is 4.79 Å². The molecule has 2 N–H and O–H groups in total.